The number of ether oxygens (including phenoxy) is 2. The molecule has 2 aromatic carbocycles. The monoisotopic (exact) mass is 529 g/mol. The van der Waals surface area contributed by atoms with Gasteiger partial charge in [-0.3, -0.25) is 0 Å². The summed E-state index contributed by atoms with van der Waals surface area (Å²) < 4.78 is 19.2. The molecule has 4 atom stereocenters. The first-order valence-corrected chi connectivity index (χ1v) is 15.5. The lowest BCUT2D eigenvalue weighted by molar-refractivity contribution is -0.156. The number of rotatable bonds is 8. The first-order chi connectivity index (χ1) is 17.5. The van der Waals surface area contributed by atoms with E-state index in [1.807, 2.05) is 19.1 Å². The Labute approximate surface area is 222 Å². The third-order valence-corrected chi connectivity index (χ3v) is 13.9. The van der Waals surface area contributed by atoms with Crippen molar-refractivity contribution in [1.82, 2.24) is 5.32 Å². The minimum absolute atomic E-state index is 0.0856. The normalized spacial score (nSPS) is 23.6. The molecule has 1 heterocycles. The smallest absolute Gasteiger partial charge is 0.405 e. The van der Waals surface area contributed by atoms with Gasteiger partial charge in [-0.1, -0.05) is 84.0 Å². The number of fused-ring (bicyclic) bond motifs is 1. The highest BCUT2D eigenvalue weighted by Gasteiger charge is 2.49. The van der Waals surface area contributed by atoms with Gasteiger partial charge in [0.25, 0.3) is 0 Å². The highest BCUT2D eigenvalue weighted by molar-refractivity contribution is 6.77. The van der Waals surface area contributed by atoms with Gasteiger partial charge in [0, 0.05) is 5.92 Å². The zero-order valence-corrected chi connectivity index (χ0v) is 24.2. The number of nitrogens with one attached hydrogen (secondary N) is 1. The fraction of sp³-hybridized carbons (Fsp3) is 0.586. The van der Waals surface area contributed by atoms with Crippen LogP contribution in [0.4, 0.5) is 4.79 Å². The van der Waals surface area contributed by atoms with Crippen LogP contribution in [-0.2, 0) is 25.1 Å². The van der Waals surface area contributed by atoms with E-state index in [0.717, 1.165) is 0 Å². The first-order valence-electron chi connectivity index (χ1n) is 13.4. The Kier molecular flexibility index (Phi) is 9.78. The van der Waals surface area contributed by atoms with Gasteiger partial charge in [-0.2, -0.15) is 0 Å². The van der Waals surface area contributed by atoms with Crippen LogP contribution in [0.25, 0.3) is 10.8 Å². The van der Waals surface area contributed by atoms with E-state index in [2.05, 4.69) is 77.2 Å². The summed E-state index contributed by atoms with van der Waals surface area (Å²) in [6.45, 7) is 15.5. The van der Waals surface area contributed by atoms with Gasteiger partial charge in [0.05, 0.1) is 19.3 Å². The SMILES string of the molecule is CC1OC(=O)[C@@H](NC(=O)O)COC[C@H](Cc2cccc3ccccc23)C1O[Si](C(C)C)(C(C)C)C(C)C. The van der Waals surface area contributed by atoms with Crippen LogP contribution < -0.4 is 5.32 Å². The van der Waals surface area contributed by atoms with Crippen molar-refractivity contribution < 1.29 is 28.6 Å². The van der Waals surface area contributed by atoms with Crippen molar-refractivity contribution in [2.75, 3.05) is 13.2 Å². The summed E-state index contributed by atoms with van der Waals surface area (Å²) >= 11 is 0. The van der Waals surface area contributed by atoms with Crippen molar-refractivity contribution in [2.45, 2.75) is 89.8 Å². The van der Waals surface area contributed by atoms with Crippen LogP contribution in [0.1, 0.15) is 54.0 Å². The molecule has 0 aromatic heterocycles. The minimum Gasteiger partial charge on any atom is -0.465 e. The maximum Gasteiger partial charge on any atom is 0.405 e. The Morgan fingerprint density at radius 2 is 1.65 bits per heavy atom. The molecule has 0 spiro atoms. The van der Waals surface area contributed by atoms with E-state index < -0.39 is 38.6 Å². The number of carbonyl (C=O) groups is 2. The van der Waals surface area contributed by atoms with E-state index in [1.54, 1.807) is 0 Å². The number of esters is 1. The second kappa shape index (κ2) is 12.4. The van der Waals surface area contributed by atoms with Gasteiger partial charge in [0.1, 0.15) is 6.10 Å². The van der Waals surface area contributed by atoms with E-state index in [9.17, 15) is 14.7 Å². The fourth-order valence-corrected chi connectivity index (χ4v) is 11.9. The summed E-state index contributed by atoms with van der Waals surface area (Å²) in [6.07, 6.45) is -1.58. The number of hydrogen-bond donors (Lipinski definition) is 2. The average molecular weight is 530 g/mol. The van der Waals surface area contributed by atoms with Crippen molar-refractivity contribution in [3.8, 4) is 0 Å². The molecule has 1 aliphatic rings. The number of carbonyl (C=O) groups excluding carboxylic acids is 1. The molecule has 3 rings (SSSR count). The summed E-state index contributed by atoms with van der Waals surface area (Å²) in [5.41, 5.74) is 2.24. The highest BCUT2D eigenvalue weighted by Crippen LogP contribution is 2.44. The Morgan fingerprint density at radius 1 is 1.03 bits per heavy atom. The van der Waals surface area contributed by atoms with E-state index >= 15 is 0 Å². The lowest BCUT2D eigenvalue weighted by atomic mass is 9.89. The minimum atomic E-state index is -2.35. The van der Waals surface area contributed by atoms with Crippen molar-refractivity contribution in [2.24, 2.45) is 5.92 Å². The number of hydrogen-bond acceptors (Lipinski definition) is 5. The molecule has 1 aliphatic heterocycles. The number of carboxylic acid groups (broad SMARTS) is 1. The number of cyclic esters (lactones) is 1. The molecule has 2 N–H and O–H groups in total. The molecular formula is C29H43NO6Si. The second-order valence-corrected chi connectivity index (χ2v) is 16.6. The summed E-state index contributed by atoms with van der Waals surface area (Å²) in [4.78, 5) is 24.2. The Bertz CT molecular complexity index is 1040. The molecule has 2 aromatic rings. The molecule has 0 bridgehead atoms. The molecule has 2 unspecified atom stereocenters. The third kappa shape index (κ3) is 6.53. The Balaban J connectivity index is 2.06. The van der Waals surface area contributed by atoms with Crippen molar-refractivity contribution in [3.05, 3.63) is 48.0 Å². The zero-order valence-electron chi connectivity index (χ0n) is 23.2. The van der Waals surface area contributed by atoms with Crippen LogP contribution in [0.3, 0.4) is 0 Å². The Morgan fingerprint density at radius 3 is 2.27 bits per heavy atom. The van der Waals surface area contributed by atoms with Gasteiger partial charge in [-0.15, -0.1) is 0 Å². The van der Waals surface area contributed by atoms with E-state index in [1.165, 1.54) is 16.3 Å². The molecule has 37 heavy (non-hydrogen) atoms. The maximum absolute atomic E-state index is 12.9. The molecular weight excluding hydrogens is 486 g/mol. The quantitative estimate of drug-likeness (QED) is 0.314. The van der Waals surface area contributed by atoms with Crippen LogP contribution in [0.5, 0.6) is 0 Å². The molecule has 0 aliphatic carbocycles. The van der Waals surface area contributed by atoms with Crippen LogP contribution in [0.15, 0.2) is 42.5 Å². The highest BCUT2D eigenvalue weighted by atomic mass is 28.4. The van der Waals surface area contributed by atoms with Gasteiger partial charge in [-0.25, -0.2) is 9.59 Å². The van der Waals surface area contributed by atoms with Crippen LogP contribution in [-0.4, -0.2) is 57.0 Å². The standard InChI is InChI=1S/C29H43NO6Si/c1-18(2)37(19(3)4,20(5)6)36-27-21(7)35-28(31)26(30-29(32)33)17-34-16-24(27)15-23-13-10-12-22-11-8-9-14-25(22)23/h8-14,18-21,24,26-27,30H,15-17H2,1-7H3,(H,32,33)/t21?,24-,26-,27?/m0/s1. The largest absolute Gasteiger partial charge is 0.465 e. The van der Waals surface area contributed by atoms with E-state index in [0.29, 0.717) is 29.7 Å². The summed E-state index contributed by atoms with van der Waals surface area (Å²) in [7, 11) is -2.35. The molecule has 1 fully saturated rings. The predicted octanol–water partition coefficient (Wildman–Crippen LogP) is 6.16. The molecule has 1 amide bonds. The average Bonchev–Trinajstić information content (AvgIpc) is 2.86. The van der Waals surface area contributed by atoms with Gasteiger partial charge in [0.15, 0.2) is 6.04 Å². The molecule has 8 heteroatoms. The lowest BCUT2D eigenvalue weighted by Gasteiger charge is -2.47. The topological polar surface area (TPSA) is 94.1 Å². The van der Waals surface area contributed by atoms with E-state index in [-0.39, 0.29) is 12.5 Å². The summed E-state index contributed by atoms with van der Waals surface area (Å²) in [5, 5.41) is 13.8. The third-order valence-electron chi connectivity index (χ3n) is 7.84. The van der Waals surface area contributed by atoms with Gasteiger partial charge in [0.2, 0.25) is 8.32 Å². The van der Waals surface area contributed by atoms with Crippen LogP contribution >= 0.6 is 0 Å². The van der Waals surface area contributed by atoms with Crippen molar-refractivity contribution in [1.29, 1.82) is 0 Å². The molecule has 0 saturated carbocycles. The number of benzene rings is 2. The van der Waals surface area contributed by atoms with Crippen LogP contribution in [0.2, 0.25) is 16.6 Å². The maximum atomic E-state index is 12.9. The molecule has 7 nitrogen and oxygen atoms in total. The molecule has 204 valence electrons. The summed E-state index contributed by atoms with van der Waals surface area (Å²) in [5.74, 6) is -0.736. The second-order valence-electron chi connectivity index (χ2n) is 11.2. The van der Waals surface area contributed by atoms with Crippen molar-refractivity contribution >= 4 is 31.2 Å². The lowest BCUT2D eigenvalue weighted by Crippen LogP contribution is -2.55. The van der Waals surface area contributed by atoms with Crippen molar-refractivity contribution in [3.63, 3.8) is 0 Å². The summed E-state index contributed by atoms with van der Waals surface area (Å²) in [6, 6.07) is 13.5. The predicted molar refractivity (Wildman–Crippen MR) is 148 cm³/mol. The first kappa shape index (κ1) is 29.1. The molecule has 1 saturated heterocycles. The molecule has 0 radical (unpaired) electrons. The fourth-order valence-electron chi connectivity index (χ4n) is 6.23. The van der Waals surface area contributed by atoms with Gasteiger partial charge < -0.3 is 24.3 Å². The van der Waals surface area contributed by atoms with Gasteiger partial charge >= 0.3 is 12.1 Å². The number of amides is 1. The zero-order chi connectivity index (χ0) is 27.3. The van der Waals surface area contributed by atoms with Gasteiger partial charge in [-0.05, 0) is 46.3 Å². The van der Waals surface area contributed by atoms with E-state index in [4.69, 9.17) is 13.9 Å². The Hall–Kier alpha value is -2.42. The van der Waals surface area contributed by atoms with Crippen LogP contribution in [0, 0.1) is 5.92 Å².